The molecule has 0 N–H and O–H groups in total. The second kappa shape index (κ2) is 5.70. The summed E-state index contributed by atoms with van der Waals surface area (Å²) >= 11 is 5.22. The van der Waals surface area contributed by atoms with Crippen molar-refractivity contribution in [3.8, 4) is 22.0 Å². The summed E-state index contributed by atoms with van der Waals surface area (Å²) in [5, 5.41) is 0.986. The SMILES string of the molecule is Cc1cnc(-c2nc(-c3cccc(Br)c3)c(C)s2)c(C)c1. The maximum Gasteiger partial charge on any atom is 0.143 e. The molecule has 0 bridgehead atoms. The van der Waals surface area contributed by atoms with Gasteiger partial charge in [-0.1, -0.05) is 34.1 Å². The van der Waals surface area contributed by atoms with E-state index in [4.69, 9.17) is 4.98 Å². The zero-order valence-corrected chi connectivity index (χ0v) is 14.5. The van der Waals surface area contributed by atoms with Gasteiger partial charge in [0, 0.05) is 21.1 Å². The summed E-state index contributed by atoms with van der Waals surface area (Å²) in [6, 6.07) is 10.4. The van der Waals surface area contributed by atoms with Gasteiger partial charge < -0.3 is 0 Å². The summed E-state index contributed by atoms with van der Waals surface area (Å²) in [7, 11) is 0. The second-order valence-electron chi connectivity index (χ2n) is 5.11. The molecule has 0 amide bonds. The van der Waals surface area contributed by atoms with Gasteiger partial charge in [-0.25, -0.2) is 4.98 Å². The van der Waals surface area contributed by atoms with Crippen LogP contribution >= 0.6 is 27.3 Å². The largest absolute Gasteiger partial charge is 0.253 e. The molecule has 2 heterocycles. The number of benzene rings is 1. The molecule has 0 unspecified atom stereocenters. The Hall–Kier alpha value is -1.52. The van der Waals surface area contributed by atoms with E-state index in [0.29, 0.717) is 0 Å². The number of rotatable bonds is 2. The Morgan fingerprint density at radius 2 is 1.86 bits per heavy atom. The van der Waals surface area contributed by atoms with Crippen LogP contribution in [0, 0.1) is 20.8 Å². The van der Waals surface area contributed by atoms with Crippen LogP contribution < -0.4 is 0 Å². The first-order valence-electron chi connectivity index (χ1n) is 6.71. The molecule has 0 spiro atoms. The Kier molecular flexibility index (Phi) is 3.91. The Balaban J connectivity index is 2.09. The minimum absolute atomic E-state index is 0.981. The lowest BCUT2D eigenvalue weighted by Crippen LogP contribution is -1.89. The van der Waals surface area contributed by atoms with Crippen LogP contribution in [0.2, 0.25) is 0 Å². The third kappa shape index (κ3) is 2.92. The zero-order valence-electron chi connectivity index (χ0n) is 12.1. The molecule has 3 rings (SSSR count). The first-order chi connectivity index (χ1) is 10.0. The minimum Gasteiger partial charge on any atom is -0.253 e. The van der Waals surface area contributed by atoms with Gasteiger partial charge in [-0.2, -0.15) is 0 Å². The molecule has 3 aromatic rings. The van der Waals surface area contributed by atoms with Gasteiger partial charge in [-0.05, 0) is 44.0 Å². The van der Waals surface area contributed by atoms with E-state index in [1.54, 1.807) is 11.3 Å². The van der Waals surface area contributed by atoms with E-state index in [1.165, 1.54) is 16.0 Å². The summed E-state index contributed by atoms with van der Waals surface area (Å²) in [4.78, 5) is 10.6. The number of hydrogen-bond donors (Lipinski definition) is 0. The maximum atomic E-state index is 4.82. The Morgan fingerprint density at radius 3 is 2.57 bits per heavy atom. The molecule has 21 heavy (non-hydrogen) atoms. The van der Waals surface area contributed by atoms with Gasteiger partial charge in [0.05, 0.1) is 5.69 Å². The summed E-state index contributed by atoms with van der Waals surface area (Å²) in [6.07, 6.45) is 1.90. The van der Waals surface area contributed by atoms with Crippen molar-refractivity contribution in [3.05, 3.63) is 57.0 Å². The molecule has 4 heteroatoms. The highest BCUT2D eigenvalue weighted by molar-refractivity contribution is 9.10. The normalized spacial score (nSPS) is 10.9. The van der Waals surface area contributed by atoms with E-state index in [2.05, 4.69) is 59.9 Å². The number of pyridine rings is 1. The van der Waals surface area contributed by atoms with Crippen LogP contribution in [0.1, 0.15) is 16.0 Å². The lowest BCUT2D eigenvalue weighted by Gasteiger charge is -2.02. The smallest absolute Gasteiger partial charge is 0.143 e. The van der Waals surface area contributed by atoms with E-state index >= 15 is 0 Å². The van der Waals surface area contributed by atoms with Gasteiger partial charge in [0.1, 0.15) is 10.7 Å². The molecule has 0 saturated carbocycles. The highest BCUT2D eigenvalue weighted by Crippen LogP contribution is 2.34. The van der Waals surface area contributed by atoms with E-state index in [-0.39, 0.29) is 0 Å². The monoisotopic (exact) mass is 358 g/mol. The fraction of sp³-hybridized carbons (Fsp3) is 0.176. The first kappa shape index (κ1) is 14.4. The van der Waals surface area contributed by atoms with E-state index in [9.17, 15) is 0 Å². The molecule has 0 aliphatic carbocycles. The quantitative estimate of drug-likeness (QED) is 0.599. The fourth-order valence-electron chi connectivity index (χ4n) is 2.34. The van der Waals surface area contributed by atoms with E-state index in [1.807, 2.05) is 18.3 Å². The number of halogens is 1. The van der Waals surface area contributed by atoms with Crippen LogP contribution in [0.3, 0.4) is 0 Å². The van der Waals surface area contributed by atoms with Gasteiger partial charge >= 0.3 is 0 Å². The number of aromatic nitrogens is 2. The average molecular weight is 359 g/mol. The Morgan fingerprint density at radius 1 is 1.05 bits per heavy atom. The van der Waals surface area contributed by atoms with Gasteiger partial charge in [0.25, 0.3) is 0 Å². The number of hydrogen-bond acceptors (Lipinski definition) is 3. The van der Waals surface area contributed by atoms with Gasteiger partial charge in [0.15, 0.2) is 0 Å². The molecule has 106 valence electrons. The molecule has 1 aromatic carbocycles. The summed E-state index contributed by atoms with van der Waals surface area (Å²) in [5.74, 6) is 0. The van der Waals surface area contributed by atoms with Crippen molar-refractivity contribution < 1.29 is 0 Å². The highest BCUT2D eigenvalue weighted by Gasteiger charge is 2.14. The third-order valence-electron chi connectivity index (χ3n) is 3.31. The molecular weight excluding hydrogens is 344 g/mol. The Bertz CT molecular complexity index is 808. The van der Waals surface area contributed by atoms with Crippen LogP contribution in [0.15, 0.2) is 41.0 Å². The van der Waals surface area contributed by atoms with Crippen molar-refractivity contribution in [3.63, 3.8) is 0 Å². The van der Waals surface area contributed by atoms with Crippen LogP contribution in [0.5, 0.6) is 0 Å². The van der Waals surface area contributed by atoms with E-state index in [0.717, 1.165) is 26.4 Å². The van der Waals surface area contributed by atoms with Gasteiger partial charge in [0.2, 0.25) is 0 Å². The van der Waals surface area contributed by atoms with Crippen molar-refractivity contribution in [2.75, 3.05) is 0 Å². The van der Waals surface area contributed by atoms with Crippen molar-refractivity contribution in [1.29, 1.82) is 0 Å². The van der Waals surface area contributed by atoms with Crippen LogP contribution in [-0.4, -0.2) is 9.97 Å². The van der Waals surface area contributed by atoms with Crippen LogP contribution in [0.25, 0.3) is 22.0 Å². The molecule has 0 radical (unpaired) electrons. The van der Waals surface area contributed by atoms with Crippen molar-refractivity contribution in [2.24, 2.45) is 0 Å². The summed E-state index contributed by atoms with van der Waals surface area (Å²) in [5.41, 5.74) is 5.50. The zero-order chi connectivity index (χ0) is 15.0. The van der Waals surface area contributed by atoms with Gasteiger partial charge in [-0.15, -0.1) is 11.3 Å². The second-order valence-corrected chi connectivity index (χ2v) is 7.23. The molecule has 0 fully saturated rings. The summed E-state index contributed by atoms with van der Waals surface area (Å²) in [6.45, 7) is 6.26. The molecule has 0 atom stereocenters. The molecule has 0 aliphatic rings. The molecular formula is C17H15BrN2S. The first-order valence-corrected chi connectivity index (χ1v) is 8.32. The lowest BCUT2D eigenvalue weighted by atomic mass is 10.1. The molecule has 0 aliphatic heterocycles. The van der Waals surface area contributed by atoms with E-state index < -0.39 is 0 Å². The predicted molar refractivity (Wildman–Crippen MR) is 92.7 cm³/mol. The van der Waals surface area contributed by atoms with Gasteiger partial charge in [-0.3, -0.25) is 4.98 Å². The number of aryl methyl sites for hydroxylation is 3. The van der Waals surface area contributed by atoms with Crippen molar-refractivity contribution in [1.82, 2.24) is 9.97 Å². The number of thiazole rings is 1. The topological polar surface area (TPSA) is 25.8 Å². The predicted octanol–water partition coefficient (Wildman–Crippen LogP) is 5.56. The standard InChI is InChI=1S/C17H15BrN2S/c1-10-7-11(2)15(19-9-10)17-20-16(12(3)21-17)13-5-4-6-14(18)8-13/h4-9H,1-3H3. The van der Waals surface area contributed by atoms with Crippen molar-refractivity contribution >= 4 is 27.3 Å². The molecule has 2 aromatic heterocycles. The average Bonchev–Trinajstić information content (AvgIpc) is 2.80. The lowest BCUT2D eigenvalue weighted by molar-refractivity contribution is 1.21. The fourth-order valence-corrected chi connectivity index (χ4v) is 3.74. The highest BCUT2D eigenvalue weighted by atomic mass is 79.9. The molecule has 0 saturated heterocycles. The van der Waals surface area contributed by atoms with Crippen LogP contribution in [0.4, 0.5) is 0 Å². The third-order valence-corrected chi connectivity index (χ3v) is 4.78. The minimum atomic E-state index is 0.981. The Labute approximate surface area is 137 Å². The molecule has 2 nitrogen and oxygen atoms in total. The maximum absolute atomic E-state index is 4.82. The van der Waals surface area contributed by atoms with Crippen molar-refractivity contribution in [2.45, 2.75) is 20.8 Å². The summed E-state index contributed by atoms with van der Waals surface area (Å²) < 4.78 is 1.07. The van der Waals surface area contributed by atoms with Crippen LogP contribution in [-0.2, 0) is 0 Å². The number of nitrogens with zero attached hydrogens (tertiary/aromatic N) is 2.